The molecule has 0 fully saturated rings. The third-order valence-corrected chi connectivity index (χ3v) is 6.42. The summed E-state index contributed by atoms with van der Waals surface area (Å²) in [4.78, 5) is 24.3. The van der Waals surface area contributed by atoms with Gasteiger partial charge in [0.25, 0.3) is 5.91 Å². The summed E-state index contributed by atoms with van der Waals surface area (Å²) >= 11 is 0. The lowest BCUT2D eigenvalue weighted by Gasteiger charge is -2.20. The minimum Gasteiger partial charge on any atom is -0.454 e. The van der Waals surface area contributed by atoms with E-state index in [9.17, 15) is 26.4 Å². The number of primary sulfonamides is 1. The Hall–Kier alpha value is -2.80. The maximum atomic E-state index is 12.5. The number of sulfonamides is 2. The van der Waals surface area contributed by atoms with Gasteiger partial charge < -0.3 is 10.1 Å². The largest absolute Gasteiger partial charge is 0.454 e. The zero-order valence-electron chi connectivity index (χ0n) is 16.8. The van der Waals surface area contributed by atoms with E-state index in [4.69, 9.17) is 9.88 Å². The monoisotopic (exact) mass is 469 g/mol. The summed E-state index contributed by atoms with van der Waals surface area (Å²) in [6.07, 6.45) is 0. The standard InChI is InChI=1S/C19H23N3O7S2/c1-13(2)18(22-31(27,28)15-8-4-3-5-9-15)19(24)29-12-17(23)21-14-7-6-10-16(11-14)30(20,25)26/h3-11,13,18,22H,12H2,1-2H3,(H,21,23)(H2,20,25,26)/t18-/m1/s1. The van der Waals surface area contributed by atoms with Crippen LogP contribution < -0.4 is 15.2 Å². The van der Waals surface area contributed by atoms with Gasteiger partial charge in [0.15, 0.2) is 6.61 Å². The molecule has 31 heavy (non-hydrogen) atoms. The van der Waals surface area contributed by atoms with Crippen molar-refractivity contribution in [2.75, 3.05) is 11.9 Å². The summed E-state index contributed by atoms with van der Waals surface area (Å²) in [6, 6.07) is 11.5. The van der Waals surface area contributed by atoms with Gasteiger partial charge in [-0.15, -0.1) is 0 Å². The number of benzene rings is 2. The third kappa shape index (κ3) is 7.14. The van der Waals surface area contributed by atoms with E-state index in [1.807, 2.05) is 0 Å². The third-order valence-electron chi connectivity index (χ3n) is 4.05. The van der Waals surface area contributed by atoms with Crippen LogP contribution in [0.15, 0.2) is 64.4 Å². The molecule has 4 N–H and O–H groups in total. The molecule has 2 rings (SSSR count). The predicted molar refractivity (Wildman–Crippen MR) is 113 cm³/mol. The van der Waals surface area contributed by atoms with Crippen molar-refractivity contribution in [3.63, 3.8) is 0 Å². The number of hydrogen-bond donors (Lipinski definition) is 3. The minimum absolute atomic E-state index is 0.0130. The number of hydrogen-bond acceptors (Lipinski definition) is 7. The van der Waals surface area contributed by atoms with Crippen LogP contribution in [0.2, 0.25) is 0 Å². The first-order valence-electron chi connectivity index (χ1n) is 9.07. The summed E-state index contributed by atoms with van der Waals surface area (Å²) in [7, 11) is -7.93. The van der Waals surface area contributed by atoms with Gasteiger partial charge in [0.2, 0.25) is 20.0 Å². The lowest BCUT2D eigenvalue weighted by atomic mass is 10.1. The van der Waals surface area contributed by atoms with E-state index >= 15 is 0 Å². The maximum absolute atomic E-state index is 12.5. The Bertz CT molecular complexity index is 1150. The fourth-order valence-electron chi connectivity index (χ4n) is 2.47. The highest BCUT2D eigenvalue weighted by atomic mass is 32.2. The number of anilines is 1. The van der Waals surface area contributed by atoms with Crippen LogP contribution in [0.5, 0.6) is 0 Å². The number of nitrogens with two attached hydrogens (primary N) is 1. The van der Waals surface area contributed by atoms with Gasteiger partial charge in [-0.25, -0.2) is 22.0 Å². The lowest BCUT2D eigenvalue weighted by Crippen LogP contribution is -2.45. The fourth-order valence-corrected chi connectivity index (χ4v) is 4.38. The molecule has 0 aliphatic heterocycles. The zero-order chi connectivity index (χ0) is 23.2. The van der Waals surface area contributed by atoms with Gasteiger partial charge >= 0.3 is 5.97 Å². The predicted octanol–water partition coefficient (Wildman–Crippen LogP) is 0.819. The Balaban J connectivity index is 2.01. The second-order valence-electron chi connectivity index (χ2n) is 6.88. The normalized spacial score (nSPS) is 12.9. The molecule has 168 valence electrons. The van der Waals surface area contributed by atoms with Crippen LogP contribution in [0.4, 0.5) is 5.69 Å². The number of amides is 1. The van der Waals surface area contributed by atoms with Crippen molar-refractivity contribution in [1.29, 1.82) is 0 Å². The average Bonchev–Trinajstić information content (AvgIpc) is 2.70. The Morgan fingerprint density at radius 3 is 2.16 bits per heavy atom. The fraction of sp³-hybridized carbons (Fsp3) is 0.263. The number of carbonyl (C=O) groups excluding carboxylic acids is 2. The van der Waals surface area contributed by atoms with E-state index < -0.39 is 50.5 Å². The minimum atomic E-state index is -3.98. The highest BCUT2D eigenvalue weighted by molar-refractivity contribution is 7.89. The van der Waals surface area contributed by atoms with E-state index in [2.05, 4.69) is 10.0 Å². The maximum Gasteiger partial charge on any atom is 0.324 e. The van der Waals surface area contributed by atoms with E-state index in [1.54, 1.807) is 32.0 Å². The molecule has 0 aromatic heterocycles. The molecule has 0 unspecified atom stereocenters. The molecule has 2 aromatic rings. The topological polar surface area (TPSA) is 162 Å². The molecule has 12 heteroatoms. The van der Waals surface area contributed by atoms with Crippen molar-refractivity contribution in [2.24, 2.45) is 11.1 Å². The van der Waals surface area contributed by atoms with Crippen molar-refractivity contribution >= 4 is 37.6 Å². The summed E-state index contributed by atoms with van der Waals surface area (Å²) in [5.41, 5.74) is 0.137. The first kappa shape index (κ1) is 24.5. The van der Waals surface area contributed by atoms with Crippen LogP contribution in [0.1, 0.15) is 13.8 Å². The van der Waals surface area contributed by atoms with Crippen LogP contribution in [-0.4, -0.2) is 41.4 Å². The highest BCUT2D eigenvalue weighted by Gasteiger charge is 2.30. The van der Waals surface area contributed by atoms with Crippen molar-refractivity contribution in [2.45, 2.75) is 29.7 Å². The summed E-state index contributed by atoms with van der Waals surface area (Å²) < 4.78 is 55.0. The van der Waals surface area contributed by atoms with Crippen molar-refractivity contribution in [1.82, 2.24) is 4.72 Å². The molecule has 1 atom stereocenters. The second-order valence-corrected chi connectivity index (χ2v) is 10.2. The molecular formula is C19H23N3O7S2. The van der Waals surface area contributed by atoms with E-state index in [0.717, 1.165) is 6.07 Å². The Labute approximate surface area is 180 Å². The summed E-state index contributed by atoms with van der Waals surface area (Å²) in [5.74, 6) is -2.13. The Kier molecular flexibility index (Phi) is 7.90. The quantitative estimate of drug-likeness (QED) is 0.458. The SMILES string of the molecule is CC(C)[C@@H](NS(=O)(=O)c1ccccc1)C(=O)OCC(=O)Nc1cccc(S(N)(=O)=O)c1. The van der Waals surface area contributed by atoms with Crippen molar-refractivity contribution in [3.8, 4) is 0 Å². The summed E-state index contributed by atoms with van der Waals surface area (Å²) in [6.45, 7) is 2.55. The van der Waals surface area contributed by atoms with Crippen LogP contribution in [-0.2, 0) is 34.4 Å². The zero-order valence-corrected chi connectivity index (χ0v) is 18.4. The molecule has 10 nitrogen and oxygen atoms in total. The number of carbonyl (C=O) groups is 2. The molecule has 1 amide bonds. The first-order valence-corrected chi connectivity index (χ1v) is 12.1. The van der Waals surface area contributed by atoms with E-state index in [1.165, 1.54) is 30.3 Å². The number of esters is 1. The average molecular weight is 470 g/mol. The van der Waals surface area contributed by atoms with Gasteiger partial charge in [-0.2, -0.15) is 4.72 Å². The summed E-state index contributed by atoms with van der Waals surface area (Å²) in [5, 5.41) is 7.42. The van der Waals surface area contributed by atoms with Crippen LogP contribution in [0, 0.1) is 5.92 Å². The molecule has 0 bridgehead atoms. The molecular weight excluding hydrogens is 446 g/mol. The molecule has 0 aliphatic rings. The molecule has 0 aliphatic carbocycles. The Morgan fingerprint density at radius 1 is 0.968 bits per heavy atom. The van der Waals surface area contributed by atoms with Gasteiger partial charge in [-0.05, 0) is 36.2 Å². The molecule has 0 spiro atoms. The van der Waals surface area contributed by atoms with Crippen molar-refractivity contribution < 1.29 is 31.2 Å². The van der Waals surface area contributed by atoms with Crippen molar-refractivity contribution in [3.05, 3.63) is 54.6 Å². The highest BCUT2D eigenvalue weighted by Crippen LogP contribution is 2.15. The molecule has 0 saturated carbocycles. The van der Waals surface area contributed by atoms with Crippen LogP contribution in [0.3, 0.4) is 0 Å². The van der Waals surface area contributed by atoms with Gasteiger partial charge in [-0.1, -0.05) is 38.1 Å². The van der Waals surface area contributed by atoms with E-state index in [-0.39, 0.29) is 15.5 Å². The smallest absolute Gasteiger partial charge is 0.324 e. The van der Waals surface area contributed by atoms with Crippen LogP contribution >= 0.6 is 0 Å². The van der Waals surface area contributed by atoms with Gasteiger partial charge in [0.1, 0.15) is 6.04 Å². The Morgan fingerprint density at radius 2 is 1.58 bits per heavy atom. The second kappa shape index (κ2) is 10.0. The van der Waals surface area contributed by atoms with Gasteiger partial charge in [0, 0.05) is 5.69 Å². The van der Waals surface area contributed by atoms with Crippen LogP contribution in [0.25, 0.3) is 0 Å². The number of ether oxygens (including phenoxy) is 1. The van der Waals surface area contributed by atoms with Gasteiger partial charge in [-0.3, -0.25) is 9.59 Å². The number of rotatable bonds is 9. The first-order chi connectivity index (χ1) is 14.4. The van der Waals surface area contributed by atoms with E-state index in [0.29, 0.717) is 0 Å². The number of nitrogens with one attached hydrogen (secondary N) is 2. The molecule has 0 radical (unpaired) electrons. The molecule has 0 heterocycles. The molecule has 0 saturated heterocycles. The lowest BCUT2D eigenvalue weighted by molar-refractivity contribution is -0.150. The van der Waals surface area contributed by atoms with Gasteiger partial charge in [0.05, 0.1) is 9.79 Å². The molecule has 2 aromatic carbocycles.